The molecule has 0 aliphatic carbocycles. The minimum atomic E-state index is -3.69. The molecule has 100 valence electrons. The summed E-state index contributed by atoms with van der Waals surface area (Å²) in [6.07, 6.45) is 0. The van der Waals surface area contributed by atoms with Crippen molar-refractivity contribution in [1.82, 2.24) is 4.83 Å². The van der Waals surface area contributed by atoms with Crippen molar-refractivity contribution < 1.29 is 8.42 Å². The van der Waals surface area contributed by atoms with Crippen LogP contribution in [-0.2, 0) is 10.0 Å². The van der Waals surface area contributed by atoms with Crippen LogP contribution < -0.4 is 4.83 Å². The summed E-state index contributed by atoms with van der Waals surface area (Å²) in [7, 11) is -3.69. The lowest BCUT2D eigenvalue weighted by Gasteiger charge is -2.12. The van der Waals surface area contributed by atoms with Crippen LogP contribution in [-0.4, -0.2) is 18.5 Å². The number of nitrogens with one attached hydrogen (secondary N) is 1. The fourth-order valence-corrected chi connectivity index (χ4v) is 1.94. The van der Waals surface area contributed by atoms with Crippen molar-refractivity contribution in [2.45, 2.75) is 30.0 Å². The zero-order valence-corrected chi connectivity index (χ0v) is 12.6. The molecule has 18 heavy (non-hydrogen) atoms. The summed E-state index contributed by atoms with van der Waals surface area (Å²) in [5, 5.41) is 3.68. The second kappa shape index (κ2) is 5.47. The van der Waals surface area contributed by atoms with Gasteiger partial charge in [-0.2, -0.15) is 13.5 Å². The van der Waals surface area contributed by atoms with Crippen LogP contribution in [0.4, 0.5) is 0 Å². The monoisotopic (exact) mass is 308 g/mol. The molecule has 7 heteroatoms. The summed E-state index contributed by atoms with van der Waals surface area (Å²) < 4.78 is 22.5. The van der Waals surface area contributed by atoms with E-state index in [0.717, 1.165) is 5.56 Å². The molecular formula is C11H14Cl2N2O2S. The number of rotatable bonds is 4. The van der Waals surface area contributed by atoms with Gasteiger partial charge >= 0.3 is 0 Å². The zero-order chi connectivity index (χ0) is 14.0. The lowest BCUT2D eigenvalue weighted by Crippen LogP contribution is -2.25. The van der Waals surface area contributed by atoms with Gasteiger partial charge in [-0.15, -0.1) is 0 Å². The van der Waals surface area contributed by atoms with E-state index in [-0.39, 0.29) is 10.6 Å². The summed E-state index contributed by atoms with van der Waals surface area (Å²) in [4.78, 5) is 2.23. The summed E-state index contributed by atoms with van der Waals surface area (Å²) in [5.41, 5.74) is 1.24. The normalized spacial score (nSPS) is 13.5. The summed E-state index contributed by atoms with van der Waals surface area (Å²) >= 11 is 11.6. The molecule has 0 aliphatic rings. The van der Waals surface area contributed by atoms with E-state index >= 15 is 0 Å². The smallest absolute Gasteiger partial charge is 0.200 e. The van der Waals surface area contributed by atoms with E-state index < -0.39 is 14.4 Å². The topological polar surface area (TPSA) is 58.5 Å². The molecule has 1 rings (SSSR count). The van der Waals surface area contributed by atoms with Gasteiger partial charge in [-0.1, -0.05) is 40.9 Å². The maximum absolute atomic E-state index is 11.9. The lowest BCUT2D eigenvalue weighted by atomic mass is 10.2. The van der Waals surface area contributed by atoms with Crippen LogP contribution in [0.25, 0.3) is 0 Å². The van der Waals surface area contributed by atoms with Gasteiger partial charge in [0.15, 0.2) is 4.33 Å². The van der Waals surface area contributed by atoms with Crippen LogP contribution >= 0.6 is 23.2 Å². The molecule has 1 N–H and O–H groups in total. The Hall–Kier alpha value is -0.780. The molecule has 1 aromatic rings. The van der Waals surface area contributed by atoms with Crippen molar-refractivity contribution >= 4 is 38.9 Å². The highest BCUT2D eigenvalue weighted by Crippen LogP contribution is 2.21. The van der Waals surface area contributed by atoms with Crippen LogP contribution in [0.15, 0.2) is 34.3 Å². The Kier molecular flexibility index (Phi) is 4.64. The van der Waals surface area contributed by atoms with E-state index in [0.29, 0.717) is 0 Å². The molecular weight excluding hydrogens is 295 g/mol. The Bertz CT molecular complexity index is 545. The second-order valence-electron chi connectivity index (χ2n) is 3.99. The van der Waals surface area contributed by atoms with Crippen molar-refractivity contribution in [3.63, 3.8) is 0 Å². The number of alkyl halides is 2. The lowest BCUT2D eigenvalue weighted by molar-refractivity contribution is 0.584. The minimum Gasteiger partial charge on any atom is -0.200 e. The molecule has 0 radical (unpaired) electrons. The second-order valence-corrected chi connectivity index (χ2v) is 7.36. The van der Waals surface area contributed by atoms with Crippen LogP contribution in [0.2, 0.25) is 0 Å². The first kappa shape index (κ1) is 15.3. The molecule has 0 bridgehead atoms. The number of hydrogen-bond acceptors (Lipinski definition) is 3. The predicted octanol–water partition coefficient (Wildman–Crippen LogP) is 2.84. The highest BCUT2D eigenvalue weighted by atomic mass is 35.5. The number of sulfonamides is 1. The molecule has 0 unspecified atom stereocenters. The van der Waals surface area contributed by atoms with Gasteiger partial charge in [-0.3, -0.25) is 0 Å². The third-order valence-corrected chi connectivity index (χ3v) is 4.07. The van der Waals surface area contributed by atoms with Gasteiger partial charge in [0, 0.05) is 0 Å². The first-order valence-electron chi connectivity index (χ1n) is 5.14. The highest BCUT2D eigenvalue weighted by Gasteiger charge is 2.22. The third-order valence-electron chi connectivity index (χ3n) is 2.30. The van der Waals surface area contributed by atoms with Crippen LogP contribution in [0.1, 0.15) is 19.4 Å². The molecule has 0 amide bonds. The van der Waals surface area contributed by atoms with E-state index in [1.54, 1.807) is 12.1 Å². The standard InChI is InChI=1S/C11H14Cl2N2O2S/c1-8-4-6-10(7-5-8)18(16,17)15-14-9(2)11(3,12)13/h4-7,15H,1-3H3. The Morgan fingerprint density at radius 2 is 1.78 bits per heavy atom. The molecule has 0 fully saturated rings. The minimum absolute atomic E-state index is 0.135. The van der Waals surface area contributed by atoms with Gasteiger partial charge in [0.2, 0.25) is 0 Å². The van der Waals surface area contributed by atoms with Crippen molar-refractivity contribution in [1.29, 1.82) is 0 Å². The molecule has 0 spiro atoms. The number of benzene rings is 1. The fourth-order valence-electron chi connectivity index (χ4n) is 0.997. The van der Waals surface area contributed by atoms with Gasteiger partial charge in [-0.25, -0.2) is 4.83 Å². The van der Waals surface area contributed by atoms with Crippen LogP contribution in [0, 0.1) is 6.92 Å². The molecule has 0 aliphatic heterocycles. The Balaban J connectivity index is 2.94. The zero-order valence-electron chi connectivity index (χ0n) is 10.2. The number of hydrogen-bond donors (Lipinski definition) is 1. The Labute approximate surface area is 117 Å². The number of aryl methyl sites for hydroxylation is 1. The average molecular weight is 309 g/mol. The quantitative estimate of drug-likeness (QED) is 0.528. The van der Waals surface area contributed by atoms with Gasteiger partial charge in [0.1, 0.15) is 0 Å². The first-order valence-corrected chi connectivity index (χ1v) is 7.38. The van der Waals surface area contributed by atoms with Crippen LogP contribution in [0.3, 0.4) is 0 Å². The molecule has 0 aromatic heterocycles. The van der Waals surface area contributed by atoms with Crippen molar-refractivity contribution in [3.05, 3.63) is 29.8 Å². The van der Waals surface area contributed by atoms with Crippen molar-refractivity contribution in [2.75, 3.05) is 0 Å². The fraction of sp³-hybridized carbons (Fsp3) is 0.364. The van der Waals surface area contributed by atoms with Crippen molar-refractivity contribution in [2.24, 2.45) is 5.10 Å². The van der Waals surface area contributed by atoms with E-state index in [9.17, 15) is 8.42 Å². The molecule has 4 nitrogen and oxygen atoms in total. The Morgan fingerprint density at radius 3 is 2.22 bits per heavy atom. The van der Waals surface area contributed by atoms with Crippen LogP contribution in [0.5, 0.6) is 0 Å². The van der Waals surface area contributed by atoms with Gasteiger partial charge in [0.25, 0.3) is 10.0 Å². The number of halogens is 2. The van der Waals surface area contributed by atoms with E-state index in [2.05, 4.69) is 9.93 Å². The summed E-state index contributed by atoms with van der Waals surface area (Å²) in [6, 6.07) is 6.42. The van der Waals surface area contributed by atoms with Gasteiger partial charge < -0.3 is 0 Å². The predicted molar refractivity (Wildman–Crippen MR) is 74.7 cm³/mol. The molecule has 0 saturated carbocycles. The summed E-state index contributed by atoms with van der Waals surface area (Å²) in [6.45, 7) is 4.92. The van der Waals surface area contributed by atoms with Gasteiger partial charge in [-0.05, 0) is 32.9 Å². The van der Waals surface area contributed by atoms with Gasteiger partial charge in [0.05, 0.1) is 10.6 Å². The SMILES string of the molecule is CC(=NNS(=O)(=O)c1ccc(C)cc1)C(C)(Cl)Cl. The average Bonchev–Trinajstić information content (AvgIpc) is 2.25. The number of hydrazone groups is 1. The molecule has 0 atom stereocenters. The van der Waals surface area contributed by atoms with E-state index in [4.69, 9.17) is 23.2 Å². The maximum atomic E-state index is 11.9. The highest BCUT2D eigenvalue weighted by molar-refractivity contribution is 7.89. The number of nitrogens with zero attached hydrogens (tertiary/aromatic N) is 1. The van der Waals surface area contributed by atoms with Crippen molar-refractivity contribution in [3.8, 4) is 0 Å². The third kappa shape index (κ3) is 4.15. The molecule has 1 aromatic carbocycles. The molecule has 0 saturated heterocycles. The molecule has 0 heterocycles. The first-order chi connectivity index (χ1) is 8.13. The maximum Gasteiger partial charge on any atom is 0.276 e. The van der Waals surface area contributed by atoms with E-state index in [1.807, 2.05) is 6.92 Å². The summed E-state index contributed by atoms with van der Waals surface area (Å²) in [5.74, 6) is 0. The Morgan fingerprint density at radius 1 is 1.28 bits per heavy atom. The largest absolute Gasteiger partial charge is 0.276 e. The van der Waals surface area contributed by atoms with E-state index in [1.165, 1.54) is 26.0 Å².